The quantitative estimate of drug-likeness (QED) is 0.376. The van der Waals surface area contributed by atoms with Gasteiger partial charge in [-0.1, -0.05) is 6.07 Å². The summed E-state index contributed by atoms with van der Waals surface area (Å²) in [6.45, 7) is -0.627. The third-order valence-electron chi connectivity index (χ3n) is 4.60. The fourth-order valence-electron chi connectivity index (χ4n) is 3.08. The summed E-state index contributed by atoms with van der Waals surface area (Å²) < 4.78 is 68.3. The highest BCUT2D eigenvalue weighted by atomic mass is 32.2. The number of sulfonamides is 1. The molecule has 1 heterocycles. The third-order valence-corrected chi connectivity index (χ3v) is 6.47. The van der Waals surface area contributed by atoms with Crippen LogP contribution in [-0.2, 0) is 25.7 Å². The van der Waals surface area contributed by atoms with Crippen LogP contribution in [0.3, 0.4) is 0 Å². The molecule has 0 spiro atoms. The average molecular weight is 487 g/mol. The van der Waals surface area contributed by atoms with E-state index in [4.69, 9.17) is 4.74 Å². The van der Waals surface area contributed by atoms with Crippen LogP contribution < -0.4 is 9.62 Å². The topological polar surface area (TPSA) is 136 Å². The molecule has 1 amide bonds. The maximum absolute atomic E-state index is 12.8. The standard InChI is InChI=1S/C19H16F3N3O7S/c20-19(21,22)13-5-6-15(16(10-13)25(28)29)23-17(26)11-32-18(27)12-3-1-4-14(9-12)24-7-2-8-33(24,30)31/h1,3-6,9-10H,2,7-8,11H2,(H,23,26). The van der Waals surface area contributed by atoms with Gasteiger partial charge in [-0.3, -0.25) is 19.2 Å². The summed E-state index contributed by atoms with van der Waals surface area (Å²) in [6, 6.07) is 7.12. The van der Waals surface area contributed by atoms with Crippen LogP contribution in [0, 0.1) is 10.1 Å². The van der Waals surface area contributed by atoms with Crippen molar-refractivity contribution in [3.8, 4) is 0 Å². The van der Waals surface area contributed by atoms with E-state index in [1.165, 1.54) is 24.3 Å². The zero-order valence-electron chi connectivity index (χ0n) is 16.7. The van der Waals surface area contributed by atoms with Gasteiger partial charge >= 0.3 is 12.1 Å². The molecule has 14 heteroatoms. The van der Waals surface area contributed by atoms with E-state index in [1.54, 1.807) is 0 Å². The van der Waals surface area contributed by atoms with Gasteiger partial charge in [0.2, 0.25) is 10.0 Å². The van der Waals surface area contributed by atoms with Gasteiger partial charge in [0.05, 0.1) is 27.5 Å². The number of benzene rings is 2. The monoisotopic (exact) mass is 487 g/mol. The van der Waals surface area contributed by atoms with Gasteiger partial charge in [-0.05, 0) is 36.8 Å². The summed E-state index contributed by atoms with van der Waals surface area (Å²) in [5, 5.41) is 13.1. The number of halogens is 3. The number of hydrogen-bond acceptors (Lipinski definition) is 7. The van der Waals surface area contributed by atoms with Crippen LogP contribution in [0.5, 0.6) is 0 Å². The molecule has 1 aliphatic rings. The molecule has 0 saturated carbocycles. The lowest BCUT2D eigenvalue weighted by Gasteiger charge is -2.17. The van der Waals surface area contributed by atoms with Gasteiger partial charge in [-0.25, -0.2) is 13.2 Å². The number of anilines is 2. The molecule has 3 rings (SSSR count). The minimum Gasteiger partial charge on any atom is -0.452 e. The minimum atomic E-state index is -4.81. The Labute approximate surface area is 185 Å². The maximum Gasteiger partial charge on any atom is 0.416 e. The second-order valence-electron chi connectivity index (χ2n) is 6.90. The Morgan fingerprint density at radius 3 is 2.52 bits per heavy atom. The number of alkyl halides is 3. The molecule has 0 radical (unpaired) electrons. The minimum absolute atomic E-state index is 0.0159. The van der Waals surface area contributed by atoms with E-state index in [0.29, 0.717) is 12.5 Å². The first-order valence-electron chi connectivity index (χ1n) is 9.31. The molecule has 33 heavy (non-hydrogen) atoms. The first-order chi connectivity index (χ1) is 15.4. The van der Waals surface area contributed by atoms with Crippen molar-refractivity contribution in [2.45, 2.75) is 12.6 Å². The van der Waals surface area contributed by atoms with Crippen molar-refractivity contribution in [1.29, 1.82) is 0 Å². The van der Waals surface area contributed by atoms with Gasteiger partial charge in [-0.15, -0.1) is 0 Å². The number of esters is 1. The Morgan fingerprint density at radius 2 is 1.91 bits per heavy atom. The van der Waals surface area contributed by atoms with Gasteiger partial charge in [0, 0.05) is 12.6 Å². The predicted octanol–water partition coefficient (Wildman–Crippen LogP) is 2.95. The van der Waals surface area contributed by atoms with Crippen LogP contribution in [0.1, 0.15) is 22.3 Å². The Hall–Kier alpha value is -3.68. The van der Waals surface area contributed by atoms with Gasteiger partial charge in [0.1, 0.15) is 5.69 Å². The fraction of sp³-hybridized carbons (Fsp3) is 0.263. The number of nitro benzene ring substituents is 1. The lowest BCUT2D eigenvalue weighted by molar-refractivity contribution is -0.384. The zero-order valence-corrected chi connectivity index (χ0v) is 17.5. The normalized spacial score (nSPS) is 15.2. The number of amides is 1. The molecule has 2 aromatic rings. The van der Waals surface area contributed by atoms with Crippen molar-refractivity contribution in [3.63, 3.8) is 0 Å². The van der Waals surface area contributed by atoms with Crippen molar-refractivity contribution in [2.75, 3.05) is 28.5 Å². The van der Waals surface area contributed by atoms with Gasteiger partial charge in [0.25, 0.3) is 11.6 Å². The van der Waals surface area contributed by atoms with E-state index in [9.17, 15) is 41.3 Å². The number of carbonyl (C=O) groups excluding carboxylic acids is 2. The van der Waals surface area contributed by atoms with E-state index in [2.05, 4.69) is 0 Å². The summed E-state index contributed by atoms with van der Waals surface area (Å²) in [5.74, 6) is -2.01. The van der Waals surface area contributed by atoms with Gasteiger partial charge < -0.3 is 10.1 Å². The summed E-state index contributed by atoms with van der Waals surface area (Å²) in [4.78, 5) is 34.3. The molecular weight excluding hydrogens is 471 g/mol. The number of nitrogens with zero attached hydrogens (tertiary/aromatic N) is 2. The van der Waals surface area contributed by atoms with Crippen molar-refractivity contribution in [2.24, 2.45) is 0 Å². The highest BCUT2D eigenvalue weighted by molar-refractivity contribution is 7.93. The molecule has 0 bridgehead atoms. The average Bonchev–Trinajstić information content (AvgIpc) is 3.10. The molecule has 0 aliphatic carbocycles. The number of nitrogens with one attached hydrogen (secondary N) is 1. The molecule has 1 N–H and O–H groups in total. The second kappa shape index (κ2) is 9.05. The Kier molecular flexibility index (Phi) is 6.58. The van der Waals surface area contributed by atoms with E-state index in [0.717, 1.165) is 10.4 Å². The lowest BCUT2D eigenvalue weighted by Crippen LogP contribution is -2.25. The second-order valence-corrected chi connectivity index (χ2v) is 8.92. The van der Waals surface area contributed by atoms with Crippen LogP contribution in [0.25, 0.3) is 0 Å². The van der Waals surface area contributed by atoms with Crippen LogP contribution in [0.4, 0.5) is 30.2 Å². The Morgan fingerprint density at radius 1 is 1.18 bits per heavy atom. The number of carbonyl (C=O) groups is 2. The number of rotatable bonds is 6. The summed E-state index contributed by atoms with van der Waals surface area (Å²) in [6.07, 6.45) is -4.38. The molecule has 2 aromatic carbocycles. The predicted molar refractivity (Wildman–Crippen MR) is 109 cm³/mol. The largest absolute Gasteiger partial charge is 0.452 e. The van der Waals surface area contributed by atoms with Crippen molar-refractivity contribution in [3.05, 3.63) is 63.7 Å². The Balaban J connectivity index is 1.67. The van der Waals surface area contributed by atoms with Crippen LogP contribution in [0.2, 0.25) is 0 Å². The van der Waals surface area contributed by atoms with Crippen molar-refractivity contribution >= 4 is 39.0 Å². The maximum atomic E-state index is 12.8. The van der Waals surface area contributed by atoms with Crippen molar-refractivity contribution in [1.82, 2.24) is 0 Å². The lowest BCUT2D eigenvalue weighted by atomic mass is 10.1. The van der Waals surface area contributed by atoms with Gasteiger partial charge in [-0.2, -0.15) is 13.2 Å². The highest BCUT2D eigenvalue weighted by Crippen LogP contribution is 2.35. The van der Waals surface area contributed by atoms with Crippen LogP contribution >= 0.6 is 0 Å². The number of hydrogen-bond donors (Lipinski definition) is 1. The number of ether oxygens (including phenoxy) is 1. The first-order valence-corrected chi connectivity index (χ1v) is 10.9. The van der Waals surface area contributed by atoms with E-state index >= 15 is 0 Å². The van der Waals surface area contributed by atoms with Crippen LogP contribution in [-0.4, -0.2) is 44.1 Å². The third kappa shape index (κ3) is 5.58. The van der Waals surface area contributed by atoms with E-state index in [-0.39, 0.29) is 29.6 Å². The van der Waals surface area contributed by atoms with Crippen LogP contribution in [0.15, 0.2) is 42.5 Å². The van der Waals surface area contributed by atoms with Crippen molar-refractivity contribution < 1.29 is 40.8 Å². The molecule has 0 aromatic heterocycles. The molecule has 0 unspecified atom stereocenters. The summed E-state index contributed by atoms with van der Waals surface area (Å²) >= 11 is 0. The smallest absolute Gasteiger partial charge is 0.416 e. The van der Waals surface area contributed by atoms with E-state index in [1.807, 2.05) is 5.32 Å². The SMILES string of the molecule is O=C(COC(=O)c1cccc(N2CCCS2(=O)=O)c1)Nc1ccc(C(F)(F)F)cc1[N+](=O)[O-]. The molecule has 0 atom stereocenters. The highest BCUT2D eigenvalue weighted by Gasteiger charge is 2.33. The molecule has 10 nitrogen and oxygen atoms in total. The summed E-state index contributed by atoms with van der Waals surface area (Å²) in [5.41, 5.74) is -2.53. The fourth-order valence-corrected chi connectivity index (χ4v) is 4.64. The zero-order chi connectivity index (χ0) is 24.4. The number of nitro groups is 1. The Bertz CT molecular complexity index is 1220. The molecule has 1 aliphatic heterocycles. The molecule has 1 saturated heterocycles. The van der Waals surface area contributed by atoms with Gasteiger partial charge in [0.15, 0.2) is 6.61 Å². The summed E-state index contributed by atoms with van der Waals surface area (Å²) in [7, 11) is -3.47. The van der Waals surface area contributed by atoms with E-state index < -0.39 is 56.5 Å². The molecule has 176 valence electrons. The molecule has 1 fully saturated rings. The first kappa shape index (κ1) is 24.0. The molecular formula is C19H16F3N3O7S.